The number of thioether (sulfide) groups is 1. The number of likely N-dealkylation sites (tertiary alicyclic amines) is 1. The number of aromatic nitrogens is 3. The Labute approximate surface area is 143 Å². The number of hydrogen-bond donors (Lipinski definition) is 1. The Morgan fingerprint density at radius 2 is 2.35 bits per heavy atom. The molecule has 23 heavy (non-hydrogen) atoms. The summed E-state index contributed by atoms with van der Waals surface area (Å²) < 4.78 is 0. The molecule has 0 aromatic carbocycles. The van der Waals surface area contributed by atoms with Crippen LogP contribution in [0.1, 0.15) is 55.3 Å². The third-order valence-electron chi connectivity index (χ3n) is 4.48. The monoisotopic (exact) mass is 348 g/mol. The van der Waals surface area contributed by atoms with E-state index in [0.717, 1.165) is 25.2 Å². The number of thiophene rings is 1. The second-order valence-corrected chi connectivity index (χ2v) is 8.53. The first-order valence-corrected chi connectivity index (χ1v) is 9.91. The van der Waals surface area contributed by atoms with E-state index >= 15 is 0 Å². The first-order chi connectivity index (χ1) is 11.2. The lowest BCUT2D eigenvalue weighted by Crippen LogP contribution is -2.35. The standard InChI is InChI=1S/C16H20N4OS2/c1-10(23-16-17-14(18-19-16)11-6-7-11)15(21)20-8-2-4-12(20)13-5-3-9-22-13/h3,5,9-12H,2,4,6-8H2,1H3,(H,17,18,19)/t10-,12-/m0/s1. The van der Waals surface area contributed by atoms with Crippen molar-refractivity contribution in [3.63, 3.8) is 0 Å². The molecule has 2 aliphatic rings. The highest BCUT2D eigenvalue weighted by atomic mass is 32.2. The summed E-state index contributed by atoms with van der Waals surface area (Å²) in [6.07, 6.45) is 4.54. The molecule has 7 heteroatoms. The number of amides is 1. The smallest absolute Gasteiger partial charge is 0.236 e. The Morgan fingerprint density at radius 3 is 3.09 bits per heavy atom. The van der Waals surface area contributed by atoms with Crippen LogP contribution in [-0.4, -0.2) is 37.8 Å². The fourth-order valence-electron chi connectivity index (χ4n) is 3.10. The summed E-state index contributed by atoms with van der Waals surface area (Å²) in [4.78, 5) is 20.7. The lowest BCUT2D eigenvalue weighted by atomic mass is 10.2. The van der Waals surface area contributed by atoms with Gasteiger partial charge in [0.05, 0.1) is 11.3 Å². The lowest BCUT2D eigenvalue weighted by molar-refractivity contribution is -0.131. The van der Waals surface area contributed by atoms with Crippen LogP contribution in [0.15, 0.2) is 22.7 Å². The minimum absolute atomic E-state index is 0.154. The second kappa shape index (κ2) is 6.28. The van der Waals surface area contributed by atoms with Crippen molar-refractivity contribution < 1.29 is 4.79 Å². The SMILES string of the molecule is C[C@H](Sc1n[nH]c(C2CC2)n1)C(=O)N1CCC[C@H]1c1cccs1. The van der Waals surface area contributed by atoms with Crippen molar-refractivity contribution >= 4 is 29.0 Å². The van der Waals surface area contributed by atoms with E-state index in [0.29, 0.717) is 11.1 Å². The summed E-state index contributed by atoms with van der Waals surface area (Å²) in [6, 6.07) is 4.45. The van der Waals surface area contributed by atoms with Gasteiger partial charge < -0.3 is 4.90 Å². The van der Waals surface area contributed by atoms with E-state index in [1.807, 2.05) is 11.8 Å². The molecular formula is C16H20N4OS2. The van der Waals surface area contributed by atoms with Crippen molar-refractivity contribution in [2.24, 2.45) is 0 Å². The highest BCUT2D eigenvalue weighted by Crippen LogP contribution is 2.39. The fraction of sp³-hybridized carbons (Fsp3) is 0.562. The fourth-order valence-corrected chi connectivity index (χ4v) is 4.77. The molecule has 122 valence electrons. The number of H-pyrrole nitrogens is 1. The van der Waals surface area contributed by atoms with Crippen LogP contribution < -0.4 is 0 Å². The first-order valence-electron chi connectivity index (χ1n) is 8.15. The summed E-state index contributed by atoms with van der Waals surface area (Å²) >= 11 is 3.20. The Kier molecular flexibility index (Phi) is 4.15. The summed E-state index contributed by atoms with van der Waals surface area (Å²) in [5.41, 5.74) is 0. The van der Waals surface area contributed by atoms with Gasteiger partial charge in [0.1, 0.15) is 5.82 Å². The van der Waals surface area contributed by atoms with Crippen molar-refractivity contribution in [2.45, 2.75) is 55.0 Å². The van der Waals surface area contributed by atoms with Gasteiger partial charge in [0.2, 0.25) is 11.1 Å². The van der Waals surface area contributed by atoms with Crippen LogP contribution in [0.3, 0.4) is 0 Å². The molecule has 4 rings (SSSR count). The predicted octanol–water partition coefficient (Wildman–Crippen LogP) is 3.59. The number of nitrogens with one attached hydrogen (secondary N) is 1. The maximum Gasteiger partial charge on any atom is 0.236 e. The van der Waals surface area contributed by atoms with Gasteiger partial charge in [-0.25, -0.2) is 4.98 Å². The van der Waals surface area contributed by atoms with E-state index in [-0.39, 0.29) is 17.2 Å². The van der Waals surface area contributed by atoms with Crippen LogP contribution in [0.2, 0.25) is 0 Å². The molecule has 0 unspecified atom stereocenters. The van der Waals surface area contributed by atoms with Gasteiger partial charge in [-0.15, -0.1) is 16.4 Å². The Morgan fingerprint density at radius 1 is 1.48 bits per heavy atom. The molecule has 5 nitrogen and oxygen atoms in total. The van der Waals surface area contributed by atoms with Crippen molar-refractivity contribution in [1.29, 1.82) is 0 Å². The summed E-state index contributed by atoms with van der Waals surface area (Å²) in [6.45, 7) is 2.82. The van der Waals surface area contributed by atoms with E-state index in [1.165, 1.54) is 29.5 Å². The molecule has 0 bridgehead atoms. The number of nitrogens with zero attached hydrogens (tertiary/aromatic N) is 3. The molecule has 2 atom stereocenters. The van der Waals surface area contributed by atoms with Crippen molar-refractivity contribution in [3.8, 4) is 0 Å². The minimum Gasteiger partial charge on any atom is -0.334 e. The average molecular weight is 348 g/mol. The first kappa shape index (κ1) is 15.2. The molecule has 2 fully saturated rings. The Balaban J connectivity index is 1.42. The van der Waals surface area contributed by atoms with Gasteiger partial charge in [-0.2, -0.15) is 0 Å². The Hall–Kier alpha value is -1.34. The van der Waals surface area contributed by atoms with Crippen LogP contribution >= 0.6 is 23.1 Å². The molecule has 2 aromatic heterocycles. The molecule has 3 heterocycles. The highest BCUT2D eigenvalue weighted by Gasteiger charge is 2.34. The van der Waals surface area contributed by atoms with Gasteiger partial charge in [-0.1, -0.05) is 17.8 Å². The second-order valence-electron chi connectivity index (χ2n) is 6.24. The van der Waals surface area contributed by atoms with Gasteiger partial charge in [-0.05, 0) is 44.1 Å². The lowest BCUT2D eigenvalue weighted by Gasteiger charge is -2.26. The molecule has 1 saturated heterocycles. The van der Waals surface area contributed by atoms with Crippen molar-refractivity contribution in [3.05, 3.63) is 28.2 Å². The molecule has 0 spiro atoms. The van der Waals surface area contributed by atoms with E-state index in [1.54, 1.807) is 11.3 Å². The summed E-state index contributed by atoms with van der Waals surface area (Å²) in [5.74, 6) is 1.73. The Bertz CT molecular complexity index is 680. The molecular weight excluding hydrogens is 328 g/mol. The topological polar surface area (TPSA) is 61.9 Å². The molecule has 1 amide bonds. The van der Waals surface area contributed by atoms with Crippen molar-refractivity contribution in [1.82, 2.24) is 20.1 Å². The van der Waals surface area contributed by atoms with Crippen molar-refractivity contribution in [2.75, 3.05) is 6.54 Å². The van der Waals surface area contributed by atoms with Crippen LogP contribution in [0.25, 0.3) is 0 Å². The minimum atomic E-state index is -0.154. The zero-order chi connectivity index (χ0) is 15.8. The summed E-state index contributed by atoms with van der Waals surface area (Å²) in [5, 5.41) is 9.89. The van der Waals surface area contributed by atoms with Gasteiger partial charge >= 0.3 is 0 Å². The van der Waals surface area contributed by atoms with E-state index in [9.17, 15) is 4.79 Å². The van der Waals surface area contributed by atoms with Crippen LogP contribution in [0.5, 0.6) is 0 Å². The molecule has 1 aliphatic heterocycles. The third-order valence-corrected chi connectivity index (χ3v) is 6.41. The normalized spacial score (nSPS) is 22.5. The zero-order valence-corrected chi connectivity index (χ0v) is 14.7. The van der Waals surface area contributed by atoms with Crippen LogP contribution in [0, 0.1) is 0 Å². The number of carbonyl (C=O) groups excluding carboxylic acids is 1. The maximum atomic E-state index is 12.9. The van der Waals surface area contributed by atoms with Gasteiger partial charge in [-0.3, -0.25) is 9.89 Å². The average Bonchev–Trinajstić information content (AvgIpc) is 3.01. The van der Waals surface area contributed by atoms with Crippen LogP contribution in [0.4, 0.5) is 0 Å². The van der Waals surface area contributed by atoms with Gasteiger partial charge in [0.15, 0.2) is 0 Å². The number of hydrogen-bond acceptors (Lipinski definition) is 5. The summed E-state index contributed by atoms with van der Waals surface area (Å²) in [7, 11) is 0. The van der Waals surface area contributed by atoms with Gasteiger partial charge in [0, 0.05) is 17.3 Å². The maximum absolute atomic E-state index is 12.9. The van der Waals surface area contributed by atoms with E-state index in [2.05, 4.69) is 32.7 Å². The van der Waals surface area contributed by atoms with E-state index in [4.69, 9.17) is 0 Å². The predicted molar refractivity (Wildman–Crippen MR) is 91.7 cm³/mol. The molecule has 1 saturated carbocycles. The molecule has 1 aliphatic carbocycles. The highest BCUT2D eigenvalue weighted by molar-refractivity contribution is 8.00. The molecule has 1 N–H and O–H groups in total. The number of rotatable bonds is 5. The molecule has 2 aromatic rings. The van der Waals surface area contributed by atoms with E-state index < -0.39 is 0 Å². The number of aromatic amines is 1. The quantitative estimate of drug-likeness (QED) is 0.839. The van der Waals surface area contributed by atoms with Crippen LogP contribution in [-0.2, 0) is 4.79 Å². The number of carbonyl (C=O) groups is 1. The zero-order valence-electron chi connectivity index (χ0n) is 13.1. The van der Waals surface area contributed by atoms with Gasteiger partial charge in [0.25, 0.3) is 0 Å². The third kappa shape index (κ3) is 3.17. The molecule has 0 radical (unpaired) electrons. The largest absolute Gasteiger partial charge is 0.334 e.